The maximum atomic E-state index is 13.6. The van der Waals surface area contributed by atoms with Crippen molar-refractivity contribution in [2.45, 2.75) is 0 Å². The van der Waals surface area contributed by atoms with Crippen LogP contribution in [0, 0.1) is 0 Å². The molecule has 34 heavy (non-hydrogen) atoms. The molecule has 10 heteroatoms. The molecule has 0 aliphatic carbocycles. The zero-order chi connectivity index (χ0) is 23.1. The second kappa shape index (κ2) is 8.38. The van der Waals surface area contributed by atoms with Gasteiger partial charge in [-0.05, 0) is 29.6 Å². The number of hydrogen-bond donors (Lipinski definition) is 0. The second-order valence-electron chi connectivity index (χ2n) is 8.12. The summed E-state index contributed by atoms with van der Waals surface area (Å²) in [4.78, 5) is 27.6. The molecule has 1 aliphatic heterocycles. The summed E-state index contributed by atoms with van der Waals surface area (Å²) in [7, 11) is 1.87. The van der Waals surface area contributed by atoms with E-state index in [1.807, 2.05) is 65.9 Å². The van der Waals surface area contributed by atoms with Gasteiger partial charge < -0.3 is 9.80 Å². The van der Waals surface area contributed by atoms with Crippen LogP contribution in [0.4, 0.5) is 5.82 Å². The number of carbonyl (C=O) groups excluding carboxylic acids is 1. The van der Waals surface area contributed by atoms with Crippen molar-refractivity contribution in [2.24, 2.45) is 7.05 Å². The van der Waals surface area contributed by atoms with Gasteiger partial charge in [-0.2, -0.15) is 10.2 Å². The number of piperazine rings is 1. The van der Waals surface area contributed by atoms with Gasteiger partial charge in [0.25, 0.3) is 5.91 Å². The van der Waals surface area contributed by atoms with E-state index in [1.54, 1.807) is 33.2 Å². The Bertz CT molecular complexity index is 1450. The molecular formula is C24H22N8OS. The maximum absolute atomic E-state index is 13.6. The van der Waals surface area contributed by atoms with E-state index in [1.165, 1.54) is 0 Å². The van der Waals surface area contributed by atoms with Crippen LogP contribution in [0.5, 0.6) is 0 Å². The van der Waals surface area contributed by atoms with Gasteiger partial charge in [-0.15, -0.1) is 11.3 Å². The number of benzene rings is 1. The molecule has 170 valence electrons. The summed E-state index contributed by atoms with van der Waals surface area (Å²) in [6, 6.07) is 15.7. The quantitative estimate of drug-likeness (QED) is 0.401. The number of nitrogens with zero attached hydrogens (tertiary/aromatic N) is 8. The Morgan fingerprint density at radius 3 is 2.59 bits per heavy atom. The molecule has 0 saturated carbocycles. The van der Waals surface area contributed by atoms with E-state index < -0.39 is 0 Å². The molecule has 1 aromatic carbocycles. The maximum Gasteiger partial charge on any atom is 0.272 e. The number of aryl methyl sites for hydroxylation is 1. The van der Waals surface area contributed by atoms with E-state index in [-0.39, 0.29) is 5.91 Å². The molecule has 0 radical (unpaired) electrons. The third kappa shape index (κ3) is 3.52. The SMILES string of the molecule is Cn1ncc2c(N3CCN(C(=O)c4cc(-c5cccs5)nn4-c4ccccc4)CC3)ncnc21. The van der Waals surface area contributed by atoms with Gasteiger partial charge >= 0.3 is 0 Å². The van der Waals surface area contributed by atoms with Crippen molar-refractivity contribution in [3.05, 3.63) is 72.1 Å². The Labute approximate surface area is 199 Å². The average Bonchev–Trinajstić information content (AvgIpc) is 3.64. The summed E-state index contributed by atoms with van der Waals surface area (Å²) in [5, 5.41) is 12.0. The lowest BCUT2D eigenvalue weighted by molar-refractivity contribution is 0.0737. The third-order valence-corrected chi connectivity index (χ3v) is 6.97. The number of fused-ring (bicyclic) bond motifs is 1. The summed E-state index contributed by atoms with van der Waals surface area (Å²) in [5.41, 5.74) is 3.05. The molecule has 0 spiro atoms. The minimum Gasteiger partial charge on any atom is -0.352 e. The van der Waals surface area contributed by atoms with Gasteiger partial charge in [0.1, 0.15) is 23.5 Å². The van der Waals surface area contributed by atoms with Gasteiger partial charge in [-0.25, -0.2) is 14.6 Å². The van der Waals surface area contributed by atoms with E-state index >= 15 is 0 Å². The highest BCUT2D eigenvalue weighted by Crippen LogP contribution is 2.27. The lowest BCUT2D eigenvalue weighted by Gasteiger charge is -2.35. The molecule has 0 N–H and O–H groups in total. The van der Waals surface area contributed by atoms with Crippen molar-refractivity contribution in [2.75, 3.05) is 31.1 Å². The lowest BCUT2D eigenvalue weighted by atomic mass is 10.2. The van der Waals surface area contributed by atoms with Crippen molar-refractivity contribution >= 4 is 34.1 Å². The Balaban J connectivity index is 1.27. The summed E-state index contributed by atoms with van der Waals surface area (Å²) in [6.45, 7) is 2.56. The summed E-state index contributed by atoms with van der Waals surface area (Å²) >= 11 is 1.61. The molecule has 4 aromatic heterocycles. The zero-order valence-corrected chi connectivity index (χ0v) is 19.4. The highest BCUT2D eigenvalue weighted by Gasteiger charge is 2.27. The number of anilines is 1. The van der Waals surface area contributed by atoms with E-state index in [0.29, 0.717) is 31.9 Å². The van der Waals surface area contributed by atoms with Crippen molar-refractivity contribution in [3.8, 4) is 16.3 Å². The normalized spacial score (nSPS) is 14.1. The second-order valence-corrected chi connectivity index (χ2v) is 9.07. The molecule has 1 saturated heterocycles. The first-order chi connectivity index (χ1) is 16.7. The summed E-state index contributed by atoms with van der Waals surface area (Å²) in [5.74, 6) is 0.840. The van der Waals surface area contributed by atoms with Crippen LogP contribution in [-0.2, 0) is 7.05 Å². The highest BCUT2D eigenvalue weighted by atomic mass is 32.1. The number of amides is 1. The van der Waals surface area contributed by atoms with Gasteiger partial charge in [0.15, 0.2) is 5.65 Å². The first-order valence-corrected chi connectivity index (χ1v) is 11.9. The molecule has 0 unspecified atom stereocenters. The Morgan fingerprint density at radius 2 is 1.82 bits per heavy atom. The number of thiophene rings is 1. The number of aromatic nitrogens is 6. The van der Waals surface area contributed by atoms with E-state index in [2.05, 4.69) is 20.0 Å². The summed E-state index contributed by atoms with van der Waals surface area (Å²) < 4.78 is 3.50. The number of carbonyl (C=O) groups is 1. The molecule has 1 amide bonds. The van der Waals surface area contributed by atoms with Crippen LogP contribution in [0.2, 0.25) is 0 Å². The van der Waals surface area contributed by atoms with Crippen LogP contribution in [0.3, 0.4) is 0 Å². The predicted molar refractivity (Wildman–Crippen MR) is 131 cm³/mol. The van der Waals surface area contributed by atoms with Gasteiger partial charge in [-0.1, -0.05) is 24.3 Å². The zero-order valence-electron chi connectivity index (χ0n) is 18.6. The molecule has 5 heterocycles. The Morgan fingerprint density at radius 1 is 1.00 bits per heavy atom. The number of rotatable bonds is 4. The van der Waals surface area contributed by atoms with Crippen LogP contribution in [-0.4, -0.2) is 66.5 Å². The minimum atomic E-state index is -0.0204. The van der Waals surface area contributed by atoms with Crippen molar-refractivity contribution in [1.82, 2.24) is 34.4 Å². The third-order valence-electron chi connectivity index (χ3n) is 6.08. The fourth-order valence-electron chi connectivity index (χ4n) is 4.33. The Kier molecular flexibility index (Phi) is 5.06. The minimum absolute atomic E-state index is 0.0204. The van der Waals surface area contributed by atoms with Crippen molar-refractivity contribution in [1.29, 1.82) is 0 Å². The molecule has 5 aromatic rings. The van der Waals surface area contributed by atoms with Crippen molar-refractivity contribution in [3.63, 3.8) is 0 Å². The molecule has 0 bridgehead atoms. The monoisotopic (exact) mass is 470 g/mol. The van der Waals surface area contributed by atoms with E-state index in [0.717, 1.165) is 33.1 Å². The highest BCUT2D eigenvalue weighted by molar-refractivity contribution is 7.13. The van der Waals surface area contributed by atoms with Crippen LogP contribution in [0.1, 0.15) is 10.5 Å². The van der Waals surface area contributed by atoms with Gasteiger partial charge in [-0.3, -0.25) is 9.48 Å². The van der Waals surface area contributed by atoms with E-state index in [4.69, 9.17) is 5.10 Å². The van der Waals surface area contributed by atoms with E-state index in [9.17, 15) is 4.79 Å². The Hall–Kier alpha value is -4.05. The molecular weight excluding hydrogens is 448 g/mol. The molecule has 0 atom stereocenters. The molecule has 1 aliphatic rings. The van der Waals surface area contributed by atoms with Gasteiger partial charge in [0, 0.05) is 33.2 Å². The first-order valence-electron chi connectivity index (χ1n) is 11.1. The molecule has 9 nitrogen and oxygen atoms in total. The number of para-hydroxylation sites is 1. The van der Waals surface area contributed by atoms with Crippen LogP contribution in [0.25, 0.3) is 27.3 Å². The first kappa shape index (κ1) is 20.5. The summed E-state index contributed by atoms with van der Waals surface area (Å²) in [6.07, 6.45) is 3.37. The average molecular weight is 471 g/mol. The fraction of sp³-hybridized carbons (Fsp3) is 0.208. The van der Waals surface area contributed by atoms with Gasteiger partial charge in [0.05, 0.1) is 22.1 Å². The van der Waals surface area contributed by atoms with Crippen LogP contribution < -0.4 is 4.90 Å². The number of hydrogen-bond acceptors (Lipinski definition) is 7. The standard InChI is InChI=1S/C24H22N8OS/c1-29-22-18(15-27-29)23(26-16-25-22)30-9-11-31(12-10-30)24(33)20-14-19(21-8-5-13-34-21)28-32(20)17-6-3-2-4-7-17/h2-8,13-16H,9-12H2,1H3. The van der Waals surface area contributed by atoms with Gasteiger partial charge in [0.2, 0.25) is 0 Å². The van der Waals surface area contributed by atoms with Crippen LogP contribution in [0.15, 0.2) is 66.4 Å². The fourth-order valence-corrected chi connectivity index (χ4v) is 5.01. The topological polar surface area (TPSA) is 85.0 Å². The lowest BCUT2D eigenvalue weighted by Crippen LogP contribution is -2.49. The molecule has 6 rings (SSSR count). The largest absolute Gasteiger partial charge is 0.352 e. The van der Waals surface area contributed by atoms with Crippen molar-refractivity contribution < 1.29 is 4.79 Å². The molecule has 1 fully saturated rings. The smallest absolute Gasteiger partial charge is 0.272 e. The predicted octanol–water partition coefficient (Wildman–Crippen LogP) is 3.24. The van der Waals surface area contributed by atoms with Crippen LogP contribution >= 0.6 is 11.3 Å².